The molecule has 5 nitrogen and oxygen atoms in total. The molecule has 0 aliphatic rings. The van der Waals surface area contributed by atoms with Crippen LogP contribution < -0.4 is 10.1 Å². The summed E-state index contributed by atoms with van der Waals surface area (Å²) >= 11 is 3.28. The summed E-state index contributed by atoms with van der Waals surface area (Å²) < 4.78 is 10.5. The van der Waals surface area contributed by atoms with Crippen molar-refractivity contribution in [1.82, 2.24) is 5.32 Å². The smallest absolute Gasteiger partial charge is 0.322 e. The minimum Gasteiger partial charge on any atom is -0.503 e. The Balaban J connectivity index is 2.80. The normalized spacial score (nSPS) is 12.3. The first-order chi connectivity index (χ1) is 9.88. The molecule has 1 atom stereocenters. The number of halogens is 1. The number of carbonyl (C=O) groups excluding carboxylic acids is 1. The number of phenolic OH excluding ortho intramolecular Hbond substituents is 1. The summed E-state index contributed by atoms with van der Waals surface area (Å²) in [4.78, 5) is 11.8. The Morgan fingerprint density at radius 1 is 1.38 bits per heavy atom. The summed E-state index contributed by atoms with van der Waals surface area (Å²) in [6, 6.07) is 3.17. The van der Waals surface area contributed by atoms with Gasteiger partial charge in [0.05, 0.1) is 18.7 Å². The SMILES string of the molecule is COC(=O)C(CC(C)C)NCc1cc(Br)c(O)c(OC)c1. The van der Waals surface area contributed by atoms with E-state index in [2.05, 4.69) is 35.1 Å². The topological polar surface area (TPSA) is 67.8 Å². The van der Waals surface area contributed by atoms with Crippen LogP contribution in [0.1, 0.15) is 25.8 Å². The van der Waals surface area contributed by atoms with Crippen molar-refractivity contribution in [3.8, 4) is 11.5 Å². The summed E-state index contributed by atoms with van der Waals surface area (Å²) in [7, 11) is 2.88. The first-order valence-electron chi connectivity index (χ1n) is 6.75. The van der Waals surface area contributed by atoms with Crippen molar-refractivity contribution in [2.75, 3.05) is 14.2 Å². The highest BCUT2D eigenvalue weighted by Crippen LogP contribution is 2.35. The molecule has 0 aromatic heterocycles. The van der Waals surface area contributed by atoms with E-state index >= 15 is 0 Å². The van der Waals surface area contributed by atoms with Crippen LogP contribution in [0.4, 0.5) is 0 Å². The Kier molecular flexibility index (Phi) is 6.98. The molecule has 21 heavy (non-hydrogen) atoms. The van der Waals surface area contributed by atoms with Gasteiger partial charge in [0.2, 0.25) is 0 Å². The largest absolute Gasteiger partial charge is 0.503 e. The predicted octanol–water partition coefficient (Wildman–Crippen LogP) is 2.84. The maximum Gasteiger partial charge on any atom is 0.322 e. The molecule has 0 saturated heterocycles. The first kappa shape index (κ1) is 17.8. The number of nitrogens with one attached hydrogen (secondary N) is 1. The average Bonchev–Trinajstić information content (AvgIpc) is 2.45. The van der Waals surface area contributed by atoms with E-state index in [9.17, 15) is 9.90 Å². The molecule has 0 saturated carbocycles. The summed E-state index contributed by atoms with van der Waals surface area (Å²) in [5, 5.41) is 13.0. The lowest BCUT2D eigenvalue weighted by molar-refractivity contribution is -0.143. The number of esters is 1. The third-order valence-corrected chi connectivity index (χ3v) is 3.66. The zero-order valence-electron chi connectivity index (χ0n) is 12.8. The van der Waals surface area contributed by atoms with Gasteiger partial charge in [-0.1, -0.05) is 13.8 Å². The van der Waals surface area contributed by atoms with E-state index in [4.69, 9.17) is 9.47 Å². The molecule has 0 spiro atoms. The lowest BCUT2D eigenvalue weighted by Crippen LogP contribution is -2.38. The van der Waals surface area contributed by atoms with Crippen molar-refractivity contribution in [1.29, 1.82) is 0 Å². The second kappa shape index (κ2) is 8.24. The van der Waals surface area contributed by atoms with Crippen LogP contribution in [0.3, 0.4) is 0 Å². The van der Waals surface area contributed by atoms with Crippen molar-refractivity contribution in [3.63, 3.8) is 0 Å². The van der Waals surface area contributed by atoms with Gasteiger partial charge in [-0.2, -0.15) is 0 Å². The number of carbonyl (C=O) groups is 1. The van der Waals surface area contributed by atoms with Gasteiger partial charge >= 0.3 is 5.97 Å². The van der Waals surface area contributed by atoms with Crippen LogP contribution in [0.25, 0.3) is 0 Å². The minimum atomic E-state index is -0.353. The van der Waals surface area contributed by atoms with Crippen molar-refractivity contribution < 1.29 is 19.4 Å². The second-order valence-corrected chi connectivity index (χ2v) is 6.07. The van der Waals surface area contributed by atoms with Crippen LogP contribution in [-0.4, -0.2) is 31.3 Å². The molecule has 1 aromatic rings. The summed E-state index contributed by atoms with van der Waals surface area (Å²) in [6.45, 7) is 4.58. The highest BCUT2D eigenvalue weighted by Gasteiger charge is 2.20. The molecule has 0 aliphatic carbocycles. The molecule has 2 N–H and O–H groups in total. The third kappa shape index (κ3) is 5.21. The number of hydrogen-bond donors (Lipinski definition) is 2. The number of ether oxygens (including phenoxy) is 2. The van der Waals surface area contributed by atoms with Crippen LogP contribution in [-0.2, 0) is 16.1 Å². The van der Waals surface area contributed by atoms with Crippen molar-refractivity contribution in [2.24, 2.45) is 5.92 Å². The molecule has 6 heteroatoms. The maximum absolute atomic E-state index is 11.8. The van der Waals surface area contributed by atoms with E-state index in [-0.39, 0.29) is 17.8 Å². The lowest BCUT2D eigenvalue weighted by Gasteiger charge is -2.19. The molecule has 0 fully saturated rings. The van der Waals surface area contributed by atoms with E-state index in [0.29, 0.717) is 29.1 Å². The molecule has 0 amide bonds. The molecular weight excluding hydrogens is 338 g/mol. The van der Waals surface area contributed by atoms with Gasteiger partial charge in [-0.05, 0) is 46.0 Å². The highest BCUT2D eigenvalue weighted by atomic mass is 79.9. The zero-order valence-corrected chi connectivity index (χ0v) is 14.4. The molecule has 1 aromatic carbocycles. The fourth-order valence-corrected chi connectivity index (χ4v) is 2.49. The Morgan fingerprint density at radius 2 is 2.05 bits per heavy atom. The lowest BCUT2D eigenvalue weighted by atomic mass is 10.0. The van der Waals surface area contributed by atoms with E-state index in [1.165, 1.54) is 14.2 Å². The summed E-state index contributed by atoms with van der Waals surface area (Å²) in [5.41, 5.74) is 0.897. The van der Waals surface area contributed by atoms with Crippen molar-refractivity contribution in [2.45, 2.75) is 32.9 Å². The van der Waals surface area contributed by atoms with Gasteiger partial charge < -0.3 is 19.9 Å². The van der Waals surface area contributed by atoms with Gasteiger partial charge in [-0.3, -0.25) is 4.79 Å². The van der Waals surface area contributed by atoms with E-state index in [1.54, 1.807) is 12.1 Å². The quantitative estimate of drug-likeness (QED) is 0.732. The van der Waals surface area contributed by atoms with E-state index < -0.39 is 0 Å². The first-order valence-corrected chi connectivity index (χ1v) is 7.54. The number of benzene rings is 1. The highest BCUT2D eigenvalue weighted by molar-refractivity contribution is 9.10. The van der Waals surface area contributed by atoms with Gasteiger partial charge in [0.25, 0.3) is 0 Å². The van der Waals surface area contributed by atoms with Crippen LogP contribution >= 0.6 is 15.9 Å². The Labute approximate surface area is 133 Å². The second-order valence-electron chi connectivity index (χ2n) is 5.21. The zero-order chi connectivity index (χ0) is 16.0. The average molecular weight is 360 g/mol. The number of phenols is 1. The van der Waals surface area contributed by atoms with Crippen molar-refractivity contribution >= 4 is 21.9 Å². The van der Waals surface area contributed by atoms with Gasteiger partial charge in [-0.25, -0.2) is 0 Å². The van der Waals surface area contributed by atoms with Gasteiger partial charge in [0.1, 0.15) is 6.04 Å². The molecule has 0 radical (unpaired) electrons. The molecule has 1 unspecified atom stereocenters. The molecule has 1 rings (SSSR count). The predicted molar refractivity (Wildman–Crippen MR) is 84.5 cm³/mol. The summed E-state index contributed by atoms with van der Waals surface area (Å²) in [6.07, 6.45) is 0.697. The number of hydrogen-bond acceptors (Lipinski definition) is 5. The monoisotopic (exact) mass is 359 g/mol. The van der Waals surface area contributed by atoms with E-state index in [0.717, 1.165) is 5.56 Å². The minimum absolute atomic E-state index is 0.0629. The fraction of sp³-hybridized carbons (Fsp3) is 0.533. The molecule has 0 bridgehead atoms. The Bertz CT molecular complexity index is 491. The molecular formula is C15H22BrNO4. The standard InChI is InChI=1S/C15H22BrNO4/c1-9(2)5-12(15(19)21-4)17-8-10-6-11(16)14(18)13(7-10)20-3/h6-7,9,12,17-18H,5,8H2,1-4H3. The number of rotatable bonds is 7. The van der Waals surface area contributed by atoms with Gasteiger partial charge in [0.15, 0.2) is 11.5 Å². The Morgan fingerprint density at radius 3 is 2.57 bits per heavy atom. The van der Waals surface area contributed by atoms with Crippen LogP contribution in [0.5, 0.6) is 11.5 Å². The molecule has 118 valence electrons. The molecule has 0 aliphatic heterocycles. The third-order valence-electron chi connectivity index (χ3n) is 3.05. The summed E-state index contributed by atoms with van der Waals surface area (Å²) in [5.74, 6) is 0.559. The van der Waals surface area contributed by atoms with Crippen LogP contribution in [0, 0.1) is 5.92 Å². The maximum atomic E-state index is 11.8. The van der Waals surface area contributed by atoms with Gasteiger partial charge in [0, 0.05) is 6.54 Å². The van der Waals surface area contributed by atoms with Crippen molar-refractivity contribution in [3.05, 3.63) is 22.2 Å². The molecule has 0 heterocycles. The van der Waals surface area contributed by atoms with Gasteiger partial charge in [-0.15, -0.1) is 0 Å². The van der Waals surface area contributed by atoms with Crippen LogP contribution in [0.2, 0.25) is 0 Å². The van der Waals surface area contributed by atoms with Crippen LogP contribution in [0.15, 0.2) is 16.6 Å². The Hall–Kier alpha value is -1.27. The van der Waals surface area contributed by atoms with E-state index in [1.807, 2.05) is 0 Å². The number of methoxy groups -OCH3 is 2. The fourth-order valence-electron chi connectivity index (χ4n) is 2.00. The number of aromatic hydroxyl groups is 1.